The van der Waals surface area contributed by atoms with Gasteiger partial charge in [0.1, 0.15) is 6.61 Å². The number of benzene rings is 2. The molecule has 2 aromatic carbocycles. The molecule has 0 saturated carbocycles. The number of carbonyl (C=O) groups excluding carboxylic acids is 1. The van der Waals surface area contributed by atoms with Crippen molar-refractivity contribution in [2.75, 3.05) is 18.5 Å². The van der Waals surface area contributed by atoms with E-state index in [2.05, 4.69) is 15.6 Å². The van der Waals surface area contributed by atoms with Gasteiger partial charge in [0.15, 0.2) is 0 Å². The van der Waals surface area contributed by atoms with Gasteiger partial charge >= 0.3 is 12.1 Å². The van der Waals surface area contributed by atoms with Gasteiger partial charge in [-0.05, 0) is 53.9 Å². The van der Waals surface area contributed by atoms with Gasteiger partial charge in [-0.1, -0.05) is 26.0 Å². The van der Waals surface area contributed by atoms with Crippen molar-refractivity contribution in [3.63, 3.8) is 0 Å². The Morgan fingerprint density at radius 3 is 2.16 bits per heavy atom. The summed E-state index contributed by atoms with van der Waals surface area (Å²) < 4.78 is 44.1. The number of halogens is 3. The van der Waals surface area contributed by atoms with E-state index in [4.69, 9.17) is 9.84 Å². The van der Waals surface area contributed by atoms with Crippen molar-refractivity contribution in [3.05, 3.63) is 78.0 Å². The number of aliphatic carboxylic acids is 1. The summed E-state index contributed by atoms with van der Waals surface area (Å²) in [5.74, 6) is -0.739. The normalized spacial score (nSPS) is 12.2. The molecule has 0 radical (unpaired) electrons. The summed E-state index contributed by atoms with van der Waals surface area (Å²) in [7, 11) is 0. The molecule has 0 fully saturated rings. The number of alkyl halides is 3. The first-order valence-corrected chi connectivity index (χ1v) is 11.7. The van der Waals surface area contributed by atoms with Crippen LogP contribution in [0.5, 0.6) is 5.88 Å². The molecule has 0 spiro atoms. The Bertz CT molecular complexity index is 1180. The summed E-state index contributed by atoms with van der Waals surface area (Å²) in [5.41, 5.74) is 1.80. The number of aromatic nitrogens is 1. The van der Waals surface area contributed by atoms with Gasteiger partial charge in [-0.15, -0.1) is 0 Å². The summed E-state index contributed by atoms with van der Waals surface area (Å²) in [6.07, 6.45) is -2.97. The molecule has 10 heteroatoms. The summed E-state index contributed by atoms with van der Waals surface area (Å²) in [5, 5.41) is 14.6. The Kier molecular flexibility index (Phi) is 9.10. The number of pyridine rings is 1. The molecule has 196 valence electrons. The molecule has 0 aliphatic carbocycles. The molecule has 1 amide bonds. The fourth-order valence-electron chi connectivity index (χ4n) is 3.38. The van der Waals surface area contributed by atoms with Crippen LogP contribution in [-0.2, 0) is 11.0 Å². The van der Waals surface area contributed by atoms with Crippen LogP contribution in [0.15, 0.2) is 66.9 Å². The van der Waals surface area contributed by atoms with E-state index in [0.29, 0.717) is 29.2 Å². The van der Waals surface area contributed by atoms with Crippen LogP contribution in [0.1, 0.15) is 36.2 Å². The lowest BCUT2D eigenvalue weighted by atomic mass is 10.0. The summed E-state index contributed by atoms with van der Waals surface area (Å²) in [4.78, 5) is 26.9. The zero-order chi connectivity index (χ0) is 27.0. The highest BCUT2D eigenvalue weighted by Crippen LogP contribution is 2.31. The van der Waals surface area contributed by atoms with Crippen LogP contribution in [0, 0.1) is 5.92 Å². The summed E-state index contributed by atoms with van der Waals surface area (Å²) >= 11 is 0. The van der Waals surface area contributed by atoms with Crippen LogP contribution in [0.3, 0.4) is 0 Å². The number of hydrogen-bond acceptors (Lipinski definition) is 5. The molecule has 0 bridgehead atoms. The number of carboxylic acid groups (broad SMARTS) is 1. The highest BCUT2D eigenvalue weighted by Gasteiger charge is 2.30. The third-order valence-corrected chi connectivity index (χ3v) is 5.62. The van der Waals surface area contributed by atoms with Crippen LogP contribution in [0.2, 0.25) is 0 Å². The molecular weight excluding hydrogens is 487 g/mol. The van der Waals surface area contributed by atoms with Gasteiger partial charge in [-0.3, -0.25) is 9.59 Å². The smallest absolute Gasteiger partial charge is 0.416 e. The van der Waals surface area contributed by atoms with Crippen molar-refractivity contribution >= 4 is 17.6 Å². The number of anilines is 1. The molecule has 37 heavy (non-hydrogen) atoms. The van der Waals surface area contributed by atoms with Crippen LogP contribution in [-0.4, -0.2) is 41.2 Å². The van der Waals surface area contributed by atoms with Crippen LogP contribution >= 0.6 is 0 Å². The molecular formula is C27H28F3N3O4. The minimum absolute atomic E-state index is 0.0558. The predicted molar refractivity (Wildman–Crippen MR) is 133 cm³/mol. The molecule has 3 aromatic rings. The molecule has 0 saturated heterocycles. The van der Waals surface area contributed by atoms with E-state index in [-0.39, 0.29) is 30.8 Å². The van der Waals surface area contributed by atoms with Crippen molar-refractivity contribution in [3.8, 4) is 17.0 Å². The minimum atomic E-state index is -4.38. The van der Waals surface area contributed by atoms with Gasteiger partial charge in [0.2, 0.25) is 5.88 Å². The summed E-state index contributed by atoms with van der Waals surface area (Å²) in [6, 6.07) is 15.0. The van der Waals surface area contributed by atoms with Crippen LogP contribution < -0.4 is 15.4 Å². The number of nitrogens with one attached hydrogen (secondary N) is 2. The molecule has 3 rings (SSSR count). The monoisotopic (exact) mass is 515 g/mol. The molecule has 1 atom stereocenters. The van der Waals surface area contributed by atoms with Crippen LogP contribution in [0.25, 0.3) is 11.1 Å². The third-order valence-electron chi connectivity index (χ3n) is 5.62. The zero-order valence-electron chi connectivity index (χ0n) is 20.4. The number of carboxylic acids is 1. The number of ether oxygens (including phenoxy) is 1. The fourth-order valence-corrected chi connectivity index (χ4v) is 3.38. The first kappa shape index (κ1) is 27.5. The Morgan fingerprint density at radius 2 is 1.62 bits per heavy atom. The van der Waals surface area contributed by atoms with E-state index in [1.54, 1.807) is 42.6 Å². The molecule has 3 N–H and O–H groups in total. The van der Waals surface area contributed by atoms with Crippen LogP contribution in [0.4, 0.5) is 18.9 Å². The summed E-state index contributed by atoms with van der Waals surface area (Å²) in [6.45, 7) is 4.43. The van der Waals surface area contributed by atoms with E-state index in [9.17, 15) is 22.8 Å². The SMILES string of the molecule is CC(C)[C@@H](COc1ccc(-c2ccc(C(F)(F)F)cc2)cn1)Nc1ccc(C(=O)NCCC(=O)O)cc1. The molecule has 0 unspecified atom stereocenters. The second-order valence-corrected chi connectivity index (χ2v) is 8.74. The topological polar surface area (TPSA) is 101 Å². The Balaban J connectivity index is 1.55. The lowest BCUT2D eigenvalue weighted by Gasteiger charge is -2.23. The molecule has 0 aliphatic rings. The highest BCUT2D eigenvalue weighted by molar-refractivity contribution is 5.94. The van der Waals surface area contributed by atoms with Gasteiger partial charge in [0.25, 0.3) is 5.91 Å². The number of rotatable bonds is 11. The molecule has 1 aromatic heterocycles. The lowest BCUT2D eigenvalue weighted by molar-refractivity contribution is -0.138. The van der Waals surface area contributed by atoms with Gasteiger partial charge in [-0.2, -0.15) is 13.2 Å². The number of nitrogens with zero attached hydrogens (tertiary/aromatic N) is 1. The Morgan fingerprint density at radius 1 is 0.973 bits per heavy atom. The zero-order valence-corrected chi connectivity index (χ0v) is 20.4. The third kappa shape index (κ3) is 8.23. The van der Waals surface area contributed by atoms with Crippen molar-refractivity contribution in [1.29, 1.82) is 0 Å². The molecule has 0 aliphatic heterocycles. The average molecular weight is 516 g/mol. The largest absolute Gasteiger partial charge is 0.481 e. The average Bonchev–Trinajstić information content (AvgIpc) is 2.86. The predicted octanol–water partition coefficient (Wildman–Crippen LogP) is 5.49. The van der Waals surface area contributed by atoms with Crippen molar-refractivity contribution < 1.29 is 32.6 Å². The quantitative estimate of drug-likeness (QED) is 0.312. The van der Waals surface area contributed by atoms with Crippen molar-refractivity contribution in [1.82, 2.24) is 10.3 Å². The van der Waals surface area contributed by atoms with Gasteiger partial charge in [0, 0.05) is 35.6 Å². The second-order valence-electron chi connectivity index (χ2n) is 8.74. The number of hydrogen-bond donors (Lipinski definition) is 3. The Hall–Kier alpha value is -4.08. The van der Waals surface area contributed by atoms with Gasteiger partial charge in [-0.25, -0.2) is 4.98 Å². The number of carbonyl (C=O) groups is 2. The first-order chi connectivity index (χ1) is 17.5. The lowest BCUT2D eigenvalue weighted by Crippen LogP contribution is -2.32. The second kappa shape index (κ2) is 12.2. The minimum Gasteiger partial charge on any atom is -0.481 e. The van der Waals surface area contributed by atoms with E-state index in [0.717, 1.165) is 17.8 Å². The first-order valence-electron chi connectivity index (χ1n) is 11.7. The highest BCUT2D eigenvalue weighted by atomic mass is 19.4. The van der Waals surface area contributed by atoms with Crippen molar-refractivity contribution in [2.45, 2.75) is 32.5 Å². The standard InChI is InChI=1S/C27H28F3N3O4/c1-17(2)23(33-22-10-5-19(6-11-22)26(36)31-14-13-25(34)35)16-37-24-12-7-20(15-32-24)18-3-8-21(9-4-18)27(28,29)30/h3-12,15,17,23,33H,13-14,16H2,1-2H3,(H,31,36)(H,34,35)/t23-/m1/s1. The van der Waals surface area contributed by atoms with Crippen molar-refractivity contribution in [2.24, 2.45) is 5.92 Å². The van der Waals surface area contributed by atoms with E-state index in [1.807, 2.05) is 13.8 Å². The maximum Gasteiger partial charge on any atom is 0.416 e. The Labute approximate surface area is 212 Å². The van der Waals surface area contributed by atoms with E-state index < -0.39 is 17.7 Å². The molecule has 7 nitrogen and oxygen atoms in total. The molecule has 1 heterocycles. The maximum atomic E-state index is 12.8. The number of amides is 1. The van der Waals surface area contributed by atoms with Gasteiger partial charge < -0.3 is 20.5 Å². The van der Waals surface area contributed by atoms with E-state index in [1.165, 1.54) is 12.1 Å². The van der Waals surface area contributed by atoms with Gasteiger partial charge in [0.05, 0.1) is 18.0 Å². The fraction of sp³-hybridized carbons (Fsp3) is 0.296. The van der Waals surface area contributed by atoms with E-state index >= 15 is 0 Å². The maximum absolute atomic E-state index is 12.8.